The van der Waals surface area contributed by atoms with Crippen LogP contribution in [0.4, 0.5) is 0 Å². The summed E-state index contributed by atoms with van der Waals surface area (Å²) in [6.45, 7) is 2.61. The Bertz CT molecular complexity index is 1830. The van der Waals surface area contributed by atoms with E-state index in [1.165, 1.54) is 44.9 Å². The second-order valence-corrected chi connectivity index (χ2v) is 20.4. The highest BCUT2D eigenvalue weighted by atomic mass is 16.7. The molecule has 14 nitrogen and oxygen atoms in total. The molecule has 9 N–H and O–H groups in total. The van der Waals surface area contributed by atoms with Crippen LogP contribution >= 0.6 is 0 Å². The molecule has 12 unspecified atom stereocenters. The number of nitrogens with one attached hydrogen (secondary N) is 1. The molecule has 2 aliphatic heterocycles. The number of allylic oxidation sites excluding steroid dienone is 21. The number of amides is 1. The molecule has 2 fully saturated rings. The second kappa shape index (κ2) is 48.8. The number of carbonyl (C=O) groups is 1. The summed E-state index contributed by atoms with van der Waals surface area (Å²) in [4.78, 5) is 13.2. The molecule has 0 spiro atoms. The lowest BCUT2D eigenvalue weighted by atomic mass is 9.97. The van der Waals surface area contributed by atoms with Crippen LogP contribution in [0, 0.1) is 0 Å². The van der Waals surface area contributed by atoms with Gasteiger partial charge in [-0.15, -0.1) is 0 Å². The van der Waals surface area contributed by atoms with Gasteiger partial charge in [0.05, 0.1) is 32.0 Å². The van der Waals surface area contributed by atoms with Gasteiger partial charge < -0.3 is 65.1 Å². The van der Waals surface area contributed by atoms with Crippen LogP contribution in [-0.4, -0.2) is 140 Å². The Balaban J connectivity index is 1.73. The van der Waals surface area contributed by atoms with Gasteiger partial charge in [0.1, 0.15) is 48.8 Å². The molecule has 2 heterocycles. The van der Waals surface area contributed by atoms with Crippen LogP contribution in [0.1, 0.15) is 174 Å². The van der Waals surface area contributed by atoms with Gasteiger partial charge in [0.2, 0.25) is 5.91 Å². The summed E-state index contributed by atoms with van der Waals surface area (Å²) in [5.41, 5.74) is 0. The van der Waals surface area contributed by atoms with Crippen molar-refractivity contribution >= 4 is 5.91 Å². The maximum atomic E-state index is 13.2. The summed E-state index contributed by atoms with van der Waals surface area (Å²) in [7, 11) is 0. The highest BCUT2D eigenvalue weighted by Crippen LogP contribution is 2.30. The van der Waals surface area contributed by atoms with Crippen LogP contribution in [0.15, 0.2) is 134 Å². The van der Waals surface area contributed by atoms with Crippen LogP contribution in [-0.2, 0) is 23.7 Å². The lowest BCUT2D eigenvalue weighted by molar-refractivity contribution is -0.359. The first-order valence-electron chi connectivity index (χ1n) is 29.9. The predicted molar refractivity (Wildman–Crippen MR) is 318 cm³/mol. The van der Waals surface area contributed by atoms with E-state index >= 15 is 0 Å². The van der Waals surface area contributed by atoms with Crippen molar-refractivity contribution in [2.24, 2.45) is 0 Å². The summed E-state index contributed by atoms with van der Waals surface area (Å²) >= 11 is 0. The van der Waals surface area contributed by atoms with E-state index < -0.39 is 86.8 Å². The average Bonchev–Trinajstić information content (AvgIpc) is 3.49. The number of unbranched alkanes of at least 4 members (excludes halogenated alkanes) is 12. The van der Waals surface area contributed by atoms with E-state index in [0.717, 1.165) is 103 Å². The van der Waals surface area contributed by atoms with Gasteiger partial charge in [-0.05, 0) is 96.3 Å². The van der Waals surface area contributed by atoms with Crippen molar-refractivity contribution in [3.05, 3.63) is 134 Å². The molecule has 2 rings (SSSR count). The van der Waals surface area contributed by atoms with Crippen molar-refractivity contribution in [1.29, 1.82) is 0 Å². The predicted octanol–water partition coefficient (Wildman–Crippen LogP) is 10.4. The van der Waals surface area contributed by atoms with E-state index in [9.17, 15) is 45.6 Å². The number of hydrogen-bond acceptors (Lipinski definition) is 13. The molecule has 12 atom stereocenters. The molecule has 2 saturated heterocycles. The molecule has 0 aromatic carbocycles. The van der Waals surface area contributed by atoms with Crippen LogP contribution in [0.3, 0.4) is 0 Å². The summed E-state index contributed by atoms with van der Waals surface area (Å²) < 4.78 is 22.7. The van der Waals surface area contributed by atoms with Crippen molar-refractivity contribution < 1.29 is 64.6 Å². The van der Waals surface area contributed by atoms with Gasteiger partial charge in [0.25, 0.3) is 0 Å². The highest BCUT2D eigenvalue weighted by Gasteiger charge is 2.51. The van der Waals surface area contributed by atoms with Crippen molar-refractivity contribution in [2.45, 2.75) is 248 Å². The largest absolute Gasteiger partial charge is 0.394 e. The normalized spacial score (nSPS) is 25.4. The molecular weight excluding hydrogens is 1000 g/mol. The van der Waals surface area contributed by atoms with Gasteiger partial charge in [-0.1, -0.05) is 205 Å². The molecule has 0 radical (unpaired) electrons. The number of aliphatic hydroxyl groups excluding tert-OH is 8. The summed E-state index contributed by atoms with van der Waals surface area (Å²) in [5, 5.41) is 86.9. The molecule has 0 bridgehead atoms. The number of carbonyl (C=O) groups excluding carboxylic acids is 1. The summed E-state index contributed by atoms with van der Waals surface area (Å²) in [6, 6.07) is -0.947. The van der Waals surface area contributed by atoms with Crippen LogP contribution in [0.5, 0.6) is 0 Å². The SMILES string of the molecule is CC/C=C\C/C=C\C/C=C\C/C=C\C/C=C\C/C=C\C/C=C\C/C=C\C/C=C\C/C=C\CCCCC(=O)NC(COC1OC(CO)C(OC2OC(CO)C(O)C(O)C2O)C(O)C1O)C(O)/C=C/CCCCCCCCCCCC. The zero-order chi connectivity index (χ0) is 57.4. The topological polar surface area (TPSA) is 228 Å². The first-order chi connectivity index (χ1) is 38.6. The first-order valence-corrected chi connectivity index (χ1v) is 29.9. The second-order valence-electron chi connectivity index (χ2n) is 20.4. The van der Waals surface area contributed by atoms with Crippen molar-refractivity contribution in [1.82, 2.24) is 5.32 Å². The molecule has 448 valence electrons. The lowest BCUT2D eigenvalue weighted by Gasteiger charge is -2.46. The molecule has 2 aliphatic rings. The fraction of sp³-hybridized carbons (Fsp3) is 0.646. The Morgan fingerprint density at radius 1 is 0.468 bits per heavy atom. The fourth-order valence-electron chi connectivity index (χ4n) is 8.79. The van der Waals surface area contributed by atoms with Crippen molar-refractivity contribution in [3.8, 4) is 0 Å². The summed E-state index contributed by atoms with van der Waals surface area (Å²) in [6.07, 6.45) is 55.0. The maximum Gasteiger partial charge on any atom is 0.220 e. The van der Waals surface area contributed by atoms with Gasteiger partial charge in [-0.3, -0.25) is 4.79 Å². The minimum absolute atomic E-state index is 0.216. The van der Waals surface area contributed by atoms with E-state index in [-0.39, 0.29) is 18.9 Å². The van der Waals surface area contributed by atoms with Crippen LogP contribution in [0.2, 0.25) is 0 Å². The maximum absolute atomic E-state index is 13.2. The molecular formula is C65H105NO13. The van der Waals surface area contributed by atoms with Gasteiger partial charge in [-0.25, -0.2) is 0 Å². The van der Waals surface area contributed by atoms with E-state index in [1.54, 1.807) is 6.08 Å². The van der Waals surface area contributed by atoms with Gasteiger partial charge in [0, 0.05) is 6.42 Å². The number of aliphatic hydroxyl groups is 8. The Kier molecular flexibility index (Phi) is 44.0. The standard InChI is InChI=1S/C65H105NO13/c1-3-5-7-9-11-13-15-17-18-19-20-21-22-23-24-25-26-27-28-29-30-31-32-33-34-35-36-37-39-41-43-45-47-49-57(70)66-53(54(69)48-46-44-42-40-38-16-14-12-10-8-6-4-2)52-76-64-62(75)60(73)63(56(51-68)78-64)79-65-61(74)59(72)58(71)55(50-67)77-65/h5,7,11,13,17-18,20-21,23-24,26-27,29-30,32-33,35-36,39,41,46,48,53-56,58-65,67-69,71-75H,3-4,6,8-10,12,14-16,19,22,25,28,31,34,37-38,40,42-45,47,49-52H2,1-2H3,(H,66,70)/b7-5-,13-11-,18-17-,21-20-,24-23-,27-26-,30-29-,33-32-,36-35-,41-39-,48-46+. The van der Waals surface area contributed by atoms with Crippen LogP contribution < -0.4 is 5.32 Å². The smallest absolute Gasteiger partial charge is 0.220 e. The minimum atomic E-state index is -1.80. The molecule has 1 amide bonds. The molecule has 0 aromatic rings. The molecule has 0 saturated carbocycles. The van der Waals surface area contributed by atoms with E-state index in [2.05, 4.69) is 141 Å². The van der Waals surface area contributed by atoms with Gasteiger partial charge >= 0.3 is 0 Å². The van der Waals surface area contributed by atoms with Gasteiger partial charge in [0.15, 0.2) is 12.6 Å². The first kappa shape index (κ1) is 71.2. The van der Waals surface area contributed by atoms with E-state index in [4.69, 9.17) is 18.9 Å². The zero-order valence-corrected chi connectivity index (χ0v) is 48.0. The third kappa shape index (κ3) is 34.2. The Morgan fingerprint density at radius 3 is 1.34 bits per heavy atom. The third-order valence-corrected chi connectivity index (χ3v) is 13.6. The van der Waals surface area contributed by atoms with E-state index in [1.807, 2.05) is 6.08 Å². The Labute approximate surface area is 475 Å². The zero-order valence-electron chi connectivity index (χ0n) is 48.0. The van der Waals surface area contributed by atoms with E-state index in [0.29, 0.717) is 6.42 Å². The van der Waals surface area contributed by atoms with Crippen LogP contribution in [0.25, 0.3) is 0 Å². The fourth-order valence-corrected chi connectivity index (χ4v) is 8.79. The van der Waals surface area contributed by atoms with Gasteiger partial charge in [-0.2, -0.15) is 0 Å². The minimum Gasteiger partial charge on any atom is -0.394 e. The monoisotopic (exact) mass is 1110 g/mol. The Morgan fingerprint density at radius 2 is 0.873 bits per heavy atom. The molecule has 79 heavy (non-hydrogen) atoms. The van der Waals surface area contributed by atoms with Crippen molar-refractivity contribution in [2.75, 3.05) is 19.8 Å². The van der Waals surface area contributed by atoms with Crippen molar-refractivity contribution in [3.63, 3.8) is 0 Å². The lowest BCUT2D eigenvalue weighted by Crippen LogP contribution is -2.65. The highest BCUT2D eigenvalue weighted by molar-refractivity contribution is 5.76. The summed E-state index contributed by atoms with van der Waals surface area (Å²) in [5.74, 6) is -0.289. The molecule has 0 aliphatic carbocycles. The quantitative estimate of drug-likeness (QED) is 0.0205. The molecule has 0 aromatic heterocycles. The molecule has 14 heteroatoms. The average molecular weight is 1110 g/mol. The number of rotatable bonds is 45. The number of ether oxygens (including phenoxy) is 4. The Hall–Kier alpha value is -3.87. The third-order valence-electron chi connectivity index (χ3n) is 13.6. The number of hydrogen-bond donors (Lipinski definition) is 9.